The zero-order chi connectivity index (χ0) is 18.7. The summed E-state index contributed by atoms with van der Waals surface area (Å²) in [4.78, 5) is 27.7. The van der Waals surface area contributed by atoms with E-state index in [1.54, 1.807) is 4.90 Å². The number of rotatable bonds is 2. The molecule has 2 aliphatic rings. The van der Waals surface area contributed by atoms with Crippen LogP contribution in [0.25, 0.3) is 0 Å². The molecule has 1 unspecified atom stereocenters. The normalized spacial score (nSPS) is 21.0. The molecule has 0 saturated carbocycles. The lowest BCUT2D eigenvalue weighted by molar-refractivity contribution is -0.142. The number of anilines is 1. The van der Waals surface area contributed by atoms with Gasteiger partial charge >= 0.3 is 12.2 Å². The van der Waals surface area contributed by atoms with E-state index in [0.29, 0.717) is 38.5 Å². The Morgan fingerprint density at radius 1 is 1.04 bits per heavy atom. The van der Waals surface area contributed by atoms with Crippen molar-refractivity contribution in [2.75, 3.05) is 38.1 Å². The predicted octanol–water partition coefficient (Wildman–Crippen LogP) is 2.56. The molecule has 26 heavy (non-hydrogen) atoms. The van der Waals surface area contributed by atoms with Crippen LogP contribution in [0.3, 0.4) is 0 Å². The summed E-state index contributed by atoms with van der Waals surface area (Å²) < 4.78 is 43.0. The summed E-state index contributed by atoms with van der Waals surface area (Å²) >= 11 is 0. The maximum atomic E-state index is 12.6. The summed E-state index contributed by atoms with van der Waals surface area (Å²) in [5.74, 6) is -0.0368. The van der Waals surface area contributed by atoms with Crippen molar-refractivity contribution in [1.29, 1.82) is 0 Å². The van der Waals surface area contributed by atoms with Crippen LogP contribution >= 0.6 is 0 Å². The van der Waals surface area contributed by atoms with Gasteiger partial charge in [-0.2, -0.15) is 13.2 Å². The second-order valence-corrected chi connectivity index (χ2v) is 6.32. The first-order valence-electron chi connectivity index (χ1n) is 8.48. The van der Waals surface area contributed by atoms with Crippen LogP contribution in [0.15, 0.2) is 24.3 Å². The van der Waals surface area contributed by atoms with E-state index in [1.165, 1.54) is 17.0 Å². The largest absolute Gasteiger partial charge is 0.416 e. The summed E-state index contributed by atoms with van der Waals surface area (Å²) in [6.45, 7) is 2.17. The van der Waals surface area contributed by atoms with Crippen LogP contribution in [0.2, 0.25) is 0 Å². The first kappa shape index (κ1) is 18.5. The highest BCUT2D eigenvalue weighted by atomic mass is 19.4. The second-order valence-electron chi connectivity index (χ2n) is 6.32. The van der Waals surface area contributed by atoms with Gasteiger partial charge < -0.3 is 19.9 Å². The molecule has 0 aliphatic carbocycles. The van der Waals surface area contributed by atoms with Crippen molar-refractivity contribution >= 4 is 17.6 Å². The number of benzene rings is 1. The van der Waals surface area contributed by atoms with E-state index in [1.807, 2.05) is 0 Å². The minimum Gasteiger partial charge on any atom is -0.368 e. The average Bonchev–Trinajstić information content (AvgIpc) is 3.15. The molecule has 1 aromatic rings. The number of hydrogen-bond acceptors (Lipinski definition) is 3. The van der Waals surface area contributed by atoms with Crippen molar-refractivity contribution in [2.24, 2.45) is 0 Å². The van der Waals surface area contributed by atoms with Crippen molar-refractivity contribution in [2.45, 2.75) is 25.1 Å². The van der Waals surface area contributed by atoms with Crippen LogP contribution in [0, 0.1) is 0 Å². The van der Waals surface area contributed by atoms with Crippen LogP contribution < -0.4 is 5.32 Å². The zero-order valence-corrected chi connectivity index (χ0v) is 14.1. The van der Waals surface area contributed by atoms with E-state index < -0.39 is 17.8 Å². The fraction of sp³-hybridized carbons (Fsp3) is 0.529. The molecule has 0 spiro atoms. The van der Waals surface area contributed by atoms with Gasteiger partial charge in [0, 0.05) is 38.5 Å². The molecule has 2 fully saturated rings. The molecular formula is C17H20F3N3O3. The maximum Gasteiger partial charge on any atom is 0.416 e. The minimum absolute atomic E-state index is 0.0368. The molecule has 2 saturated heterocycles. The first-order chi connectivity index (χ1) is 12.3. The molecule has 2 aliphatic heterocycles. The highest BCUT2D eigenvalue weighted by molar-refractivity contribution is 5.89. The topological polar surface area (TPSA) is 61.9 Å². The van der Waals surface area contributed by atoms with Crippen molar-refractivity contribution in [1.82, 2.24) is 9.80 Å². The summed E-state index contributed by atoms with van der Waals surface area (Å²) in [6.07, 6.45) is -3.17. The van der Waals surface area contributed by atoms with Gasteiger partial charge in [0.2, 0.25) is 0 Å². The van der Waals surface area contributed by atoms with E-state index in [9.17, 15) is 22.8 Å². The molecule has 9 heteroatoms. The number of alkyl halides is 3. The van der Waals surface area contributed by atoms with Crippen LogP contribution in [0.5, 0.6) is 0 Å². The third-order valence-electron chi connectivity index (χ3n) is 4.55. The van der Waals surface area contributed by atoms with Crippen molar-refractivity contribution in [3.63, 3.8) is 0 Å². The number of carbonyl (C=O) groups excluding carboxylic acids is 2. The summed E-state index contributed by atoms with van der Waals surface area (Å²) in [5, 5.41) is 2.58. The lowest BCUT2D eigenvalue weighted by Gasteiger charge is -2.35. The summed E-state index contributed by atoms with van der Waals surface area (Å²) in [5.41, 5.74) is -0.474. The Balaban J connectivity index is 1.50. The molecule has 6 nitrogen and oxygen atoms in total. The summed E-state index contributed by atoms with van der Waals surface area (Å²) in [7, 11) is 0. The number of ether oxygens (including phenoxy) is 1. The molecule has 142 valence electrons. The number of nitrogens with zero attached hydrogens (tertiary/aromatic N) is 2. The number of hydrogen-bond donors (Lipinski definition) is 1. The number of urea groups is 1. The number of piperazine rings is 1. The molecule has 1 N–H and O–H groups in total. The van der Waals surface area contributed by atoms with E-state index in [0.717, 1.165) is 25.0 Å². The van der Waals surface area contributed by atoms with Gasteiger partial charge in [-0.3, -0.25) is 4.79 Å². The Kier molecular flexibility index (Phi) is 5.36. The van der Waals surface area contributed by atoms with Gasteiger partial charge in [-0.15, -0.1) is 0 Å². The Morgan fingerprint density at radius 3 is 2.19 bits per heavy atom. The fourth-order valence-electron chi connectivity index (χ4n) is 3.05. The molecule has 0 bridgehead atoms. The van der Waals surface area contributed by atoms with Crippen LogP contribution in [-0.2, 0) is 15.7 Å². The van der Waals surface area contributed by atoms with E-state index in [4.69, 9.17) is 4.74 Å². The predicted molar refractivity (Wildman–Crippen MR) is 87.6 cm³/mol. The third-order valence-corrected chi connectivity index (χ3v) is 4.55. The molecule has 3 amide bonds. The Hall–Kier alpha value is -2.29. The van der Waals surface area contributed by atoms with Crippen molar-refractivity contribution < 1.29 is 27.5 Å². The Morgan fingerprint density at radius 2 is 1.65 bits per heavy atom. The van der Waals surface area contributed by atoms with Crippen LogP contribution in [0.1, 0.15) is 18.4 Å². The number of amides is 3. The number of carbonyl (C=O) groups is 2. The van der Waals surface area contributed by atoms with E-state index >= 15 is 0 Å². The Bertz CT molecular complexity index is 649. The van der Waals surface area contributed by atoms with E-state index in [-0.39, 0.29) is 12.0 Å². The SMILES string of the molecule is O=C(Nc1ccc(C(F)(F)F)cc1)N1CCN(C(=O)C2CCCO2)CC1. The second kappa shape index (κ2) is 7.53. The van der Waals surface area contributed by atoms with Gasteiger partial charge in [-0.05, 0) is 37.1 Å². The lowest BCUT2D eigenvalue weighted by Crippen LogP contribution is -2.53. The molecule has 2 heterocycles. The lowest BCUT2D eigenvalue weighted by atomic mass is 10.2. The maximum absolute atomic E-state index is 12.6. The summed E-state index contributed by atoms with van der Waals surface area (Å²) in [6, 6.07) is 3.89. The monoisotopic (exact) mass is 371 g/mol. The van der Waals surface area contributed by atoms with E-state index in [2.05, 4.69) is 5.32 Å². The van der Waals surface area contributed by atoms with Crippen molar-refractivity contribution in [3.8, 4) is 0 Å². The van der Waals surface area contributed by atoms with Gasteiger partial charge in [0.15, 0.2) is 0 Å². The van der Waals surface area contributed by atoms with Gasteiger partial charge in [0.05, 0.1) is 5.56 Å². The van der Waals surface area contributed by atoms with Gasteiger partial charge in [0.1, 0.15) is 6.10 Å². The fourth-order valence-corrected chi connectivity index (χ4v) is 3.05. The van der Waals surface area contributed by atoms with Gasteiger partial charge in [-0.25, -0.2) is 4.79 Å². The number of nitrogens with one attached hydrogen (secondary N) is 1. The van der Waals surface area contributed by atoms with Crippen LogP contribution in [0.4, 0.5) is 23.7 Å². The highest BCUT2D eigenvalue weighted by Crippen LogP contribution is 2.29. The van der Waals surface area contributed by atoms with Gasteiger partial charge in [0.25, 0.3) is 5.91 Å². The number of halogens is 3. The molecule has 1 atom stereocenters. The first-order valence-corrected chi connectivity index (χ1v) is 8.48. The van der Waals surface area contributed by atoms with Crippen LogP contribution in [-0.4, -0.2) is 60.6 Å². The zero-order valence-electron chi connectivity index (χ0n) is 14.1. The molecule has 0 aromatic heterocycles. The third kappa shape index (κ3) is 4.27. The van der Waals surface area contributed by atoms with Gasteiger partial charge in [-0.1, -0.05) is 0 Å². The van der Waals surface area contributed by atoms with Crippen molar-refractivity contribution in [3.05, 3.63) is 29.8 Å². The average molecular weight is 371 g/mol. The minimum atomic E-state index is -4.41. The smallest absolute Gasteiger partial charge is 0.368 e. The highest BCUT2D eigenvalue weighted by Gasteiger charge is 2.32. The molecular weight excluding hydrogens is 351 g/mol. The quantitative estimate of drug-likeness (QED) is 0.869. The molecule has 3 rings (SSSR count). The molecule has 0 radical (unpaired) electrons. The Labute approximate surface area is 148 Å². The molecule has 1 aromatic carbocycles. The standard InChI is InChI=1S/C17H20F3N3O3/c18-17(19,20)12-3-5-13(6-4-12)21-16(25)23-9-7-22(8-10-23)15(24)14-2-1-11-26-14/h3-6,14H,1-2,7-11H2,(H,21,25).